The molecule has 1 atom stereocenters. The zero-order valence-corrected chi connectivity index (χ0v) is 10.4. The quantitative estimate of drug-likeness (QED) is 0.750. The summed E-state index contributed by atoms with van der Waals surface area (Å²) in [5.41, 5.74) is 0.619. The molecule has 90 valence electrons. The van der Waals surface area contributed by atoms with Crippen LogP contribution in [0.15, 0.2) is 24.3 Å². The largest absolute Gasteiger partial charge is 0.411 e. The van der Waals surface area contributed by atoms with Gasteiger partial charge in [0.15, 0.2) is 0 Å². The highest BCUT2D eigenvalue weighted by atomic mass is 79.9. The molecule has 1 aromatic rings. The van der Waals surface area contributed by atoms with E-state index < -0.39 is 18.9 Å². The van der Waals surface area contributed by atoms with Gasteiger partial charge in [-0.1, -0.05) is 39.7 Å². The molecule has 0 aliphatic carbocycles. The first kappa shape index (κ1) is 13.8. The van der Waals surface area contributed by atoms with Crippen LogP contribution in [-0.4, -0.2) is 18.1 Å². The lowest BCUT2D eigenvalue weighted by molar-refractivity contribution is -0.183. The van der Waals surface area contributed by atoms with E-state index >= 15 is 0 Å². The van der Waals surface area contributed by atoms with E-state index in [1.807, 2.05) is 0 Å². The first-order chi connectivity index (χ1) is 7.42. The molecule has 0 N–H and O–H groups in total. The number of alkyl halides is 4. The number of halogens is 5. The normalized spacial score (nSPS) is 13.8. The standard InChI is InChI=1S/C10H9BrClF3O/c11-5-9(16-6-10(13,14)15)7-2-1-3-8(12)4-7/h1-4,9H,5-6H2. The Morgan fingerprint density at radius 3 is 2.56 bits per heavy atom. The molecule has 0 spiro atoms. The highest BCUT2D eigenvalue weighted by Gasteiger charge is 2.29. The summed E-state index contributed by atoms with van der Waals surface area (Å²) in [5, 5.41) is 0.753. The first-order valence-electron chi connectivity index (χ1n) is 4.42. The number of ether oxygens (including phenoxy) is 1. The Labute approximate surface area is 105 Å². The third-order valence-electron chi connectivity index (χ3n) is 1.81. The minimum Gasteiger partial charge on any atom is -0.363 e. The second kappa shape index (κ2) is 5.89. The lowest BCUT2D eigenvalue weighted by atomic mass is 10.1. The molecule has 1 nitrogen and oxygen atoms in total. The summed E-state index contributed by atoms with van der Waals surface area (Å²) in [5.74, 6) is 0. The highest BCUT2D eigenvalue weighted by molar-refractivity contribution is 9.09. The summed E-state index contributed by atoms with van der Waals surface area (Å²) in [6, 6.07) is 6.59. The molecule has 16 heavy (non-hydrogen) atoms. The van der Waals surface area contributed by atoms with Crippen molar-refractivity contribution in [3.8, 4) is 0 Å². The van der Waals surface area contributed by atoms with Crippen LogP contribution in [0, 0.1) is 0 Å². The fraction of sp³-hybridized carbons (Fsp3) is 0.400. The van der Waals surface area contributed by atoms with Crippen LogP contribution in [0.4, 0.5) is 13.2 Å². The maximum absolute atomic E-state index is 12.0. The Morgan fingerprint density at radius 1 is 1.38 bits per heavy atom. The Kier molecular flexibility index (Phi) is 5.08. The van der Waals surface area contributed by atoms with Gasteiger partial charge in [-0.3, -0.25) is 0 Å². The number of hydrogen-bond acceptors (Lipinski definition) is 1. The van der Waals surface area contributed by atoms with Crippen molar-refractivity contribution in [1.82, 2.24) is 0 Å². The maximum atomic E-state index is 12.0. The highest BCUT2D eigenvalue weighted by Crippen LogP contribution is 2.25. The zero-order chi connectivity index (χ0) is 12.2. The summed E-state index contributed by atoms with van der Waals surface area (Å²) in [6.45, 7) is -1.27. The molecule has 1 unspecified atom stereocenters. The van der Waals surface area contributed by atoms with Gasteiger partial charge in [-0.15, -0.1) is 0 Å². The van der Waals surface area contributed by atoms with Crippen LogP contribution >= 0.6 is 27.5 Å². The van der Waals surface area contributed by atoms with Crippen molar-refractivity contribution in [2.45, 2.75) is 12.3 Å². The van der Waals surface area contributed by atoms with Crippen molar-refractivity contribution in [3.05, 3.63) is 34.9 Å². The molecule has 0 saturated carbocycles. The second-order valence-corrected chi connectivity index (χ2v) is 4.21. The van der Waals surface area contributed by atoms with Crippen molar-refractivity contribution in [1.29, 1.82) is 0 Å². The van der Waals surface area contributed by atoms with Gasteiger partial charge in [0.25, 0.3) is 0 Å². The van der Waals surface area contributed by atoms with Crippen LogP contribution < -0.4 is 0 Å². The molecule has 0 aromatic heterocycles. The van der Waals surface area contributed by atoms with Gasteiger partial charge in [-0.25, -0.2) is 0 Å². The molecule has 1 rings (SSSR count). The maximum Gasteiger partial charge on any atom is 0.411 e. The van der Waals surface area contributed by atoms with Crippen molar-refractivity contribution in [2.75, 3.05) is 11.9 Å². The smallest absolute Gasteiger partial charge is 0.363 e. The molecule has 0 saturated heterocycles. The topological polar surface area (TPSA) is 9.23 Å². The van der Waals surface area contributed by atoms with E-state index in [9.17, 15) is 13.2 Å². The van der Waals surface area contributed by atoms with E-state index in [2.05, 4.69) is 15.9 Å². The van der Waals surface area contributed by atoms with E-state index in [1.54, 1.807) is 24.3 Å². The monoisotopic (exact) mass is 316 g/mol. The minimum atomic E-state index is -4.32. The van der Waals surface area contributed by atoms with Gasteiger partial charge in [-0.2, -0.15) is 13.2 Å². The number of rotatable bonds is 4. The molecular formula is C10H9BrClF3O. The predicted molar refractivity (Wildman–Crippen MR) is 60.0 cm³/mol. The van der Waals surface area contributed by atoms with Crippen LogP contribution in [0.2, 0.25) is 5.02 Å². The van der Waals surface area contributed by atoms with Gasteiger partial charge in [0, 0.05) is 10.4 Å². The average Bonchev–Trinajstić information content (AvgIpc) is 2.17. The fourth-order valence-electron chi connectivity index (χ4n) is 1.13. The lowest BCUT2D eigenvalue weighted by Gasteiger charge is -2.17. The van der Waals surface area contributed by atoms with Gasteiger partial charge < -0.3 is 4.74 Å². The van der Waals surface area contributed by atoms with Gasteiger partial charge in [0.1, 0.15) is 6.61 Å². The van der Waals surface area contributed by atoms with E-state index in [0.29, 0.717) is 10.6 Å². The van der Waals surface area contributed by atoms with Crippen LogP contribution in [0.5, 0.6) is 0 Å². The molecule has 0 aliphatic rings. The third-order valence-corrected chi connectivity index (χ3v) is 2.63. The predicted octanol–water partition coefficient (Wildman–Crippen LogP) is 4.35. The lowest BCUT2D eigenvalue weighted by Crippen LogP contribution is -2.20. The van der Waals surface area contributed by atoms with Gasteiger partial charge in [0.2, 0.25) is 0 Å². The molecule has 0 bridgehead atoms. The summed E-state index contributed by atoms with van der Waals surface area (Å²) < 4.78 is 40.7. The zero-order valence-electron chi connectivity index (χ0n) is 8.10. The van der Waals surface area contributed by atoms with Crippen molar-refractivity contribution >= 4 is 27.5 Å². The van der Waals surface area contributed by atoms with Crippen LogP contribution in [-0.2, 0) is 4.74 Å². The van der Waals surface area contributed by atoms with Gasteiger partial charge >= 0.3 is 6.18 Å². The first-order valence-corrected chi connectivity index (χ1v) is 5.92. The molecular weight excluding hydrogens is 308 g/mol. The average molecular weight is 318 g/mol. The second-order valence-electron chi connectivity index (χ2n) is 3.12. The molecule has 0 heterocycles. The van der Waals surface area contributed by atoms with Crippen molar-refractivity contribution < 1.29 is 17.9 Å². The molecule has 1 aromatic carbocycles. The molecule has 6 heteroatoms. The molecule has 0 radical (unpaired) electrons. The van der Waals surface area contributed by atoms with Crippen LogP contribution in [0.25, 0.3) is 0 Å². The molecule has 0 fully saturated rings. The third kappa shape index (κ3) is 4.72. The number of benzene rings is 1. The SMILES string of the molecule is FC(F)(F)COC(CBr)c1cccc(Cl)c1. The number of hydrogen-bond donors (Lipinski definition) is 0. The summed E-state index contributed by atoms with van der Waals surface area (Å²) in [7, 11) is 0. The van der Waals surface area contributed by atoms with Crippen LogP contribution in [0.3, 0.4) is 0 Å². The van der Waals surface area contributed by atoms with E-state index in [-0.39, 0.29) is 5.33 Å². The molecule has 0 amide bonds. The van der Waals surface area contributed by atoms with Gasteiger partial charge in [-0.05, 0) is 17.7 Å². The minimum absolute atomic E-state index is 0.281. The Bertz CT molecular complexity index is 343. The van der Waals surface area contributed by atoms with E-state index in [0.717, 1.165) is 0 Å². The summed E-state index contributed by atoms with van der Waals surface area (Å²) in [6.07, 6.45) is -4.97. The summed E-state index contributed by atoms with van der Waals surface area (Å²) >= 11 is 8.85. The Hall–Kier alpha value is -0.260. The van der Waals surface area contributed by atoms with Crippen LogP contribution in [0.1, 0.15) is 11.7 Å². The van der Waals surface area contributed by atoms with Gasteiger partial charge in [0.05, 0.1) is 6.10 Å². The molecule has 0 aliphatic heterocycles. The Balaban J connectivity index is 2.68. The fourth-order valence-corrected chi connectivity index (χ4v) is 1.89. The Morgan fingerprint density at radius 2 is 2.06 bits per heavy atom. The van der Waals surface area contributed by atoms with Crippen molar-refractivity contribution in [2.24, 2.45) is 0 Å². The van der Waals surface area contributed by atoms with E-state index in [4.69, 9.17) is 16.3 Å². The van der Waals surface area contributed by atoms with E-state index in [1.165, 1.54) is 0 Å². The van der Waals surface area contributed by atoms with Crippen molar-refractivity contribution in [3.63, 3.8) is 0 Å². The summed E-state index contributed by atoms with van der Waals surface area (Å²) in [4.78, 5) is 0.